The zero-order valence-electron chi connectivity index (χ0n) is 14.1. The smallest absolute Gasteiger partial charge is 0.422 e. The van der Waals surface area contributed by atoms with Gasteiger partial charge in [-0.2, -0.15) is 13.2 Å². The molecule has 1 aliphatic heterocycles. The number of ether oxygens (including phenoxy) is 1. The van der Waals surface area contributed by atoms with Gasteiger partial charge in [0.1, 0.15) is 5.75 Å². The Morgan fingerprint density at radius 3 is 2.42 bits per heavy atom. The highest BCUT2D eigenvalue weighted by Gasteiger charge is 2.29. The topological polar surface area (TPSA) is 44.7 Å². The second kappa shape index (κ2) is 7.61. The van der Waals surface area contributed by atoms with E-state index >= 15 is 0 Å². The lowest BCUT2D eigenvalue weighted by molar-refractivity contribution is -0.153. The molecule has 0 radical (unpaired) electrons. The fraction of sp³-hybridized carbons (Fsp3) is 0.647. The highest BCUT2D eigenvalue weighted by Crippen LogP contribution is 2.28. The predicted octanol–water partition coefficient (Wildman–Crippen LogP) is 3.27. The van der Waals surface area contributed by atoms with E-state index in [4.69, 9.17) is 4.74 Å². The summed E-state index contributed by atoms with van der Waals surface area (Å²) in [4.78, 5) is 2.20. The molecule has 1 heterocycles. The van der Waals surface area contributed by atoms with Gasteiger partial charge in [0.2, 0.25) is 0 Å². The third kappa shape index (κ3) is 6.57. The van der Waals surface area contributed by atoms with Crippen molar-refractivity contribution >= 4 is 5.69 Å². The molecule has 2 N–H and O–H groups in total. The lowest BCUT2D eigenvalue weighted by Crippen LogP contribution is -2.45. The first-order valence-corrected chi connectivity index (χ1v) is 8.12. The SMILES string of the molecule is CC(C)(O)CN1CCC(Nc2ccccc2OCC(F)(F)F)CC1. The molecular weight excluding hydrogens is 321 g/mol. The van der Waals surface area contributed by atoms with Gasteiger partial charge in [0.25, 0.3) is 0 Å². The molecule has 1 aromatic carbocycles. The summed E-state index contributed by atoms with van der Waals surface area (Å²) in [7, 11) is 0. The van der Waals surface area contributed by atoms with Crippen LogP contribution >= 0.6 is 0 Å². The molecule has 0 atom stereocenters. The Morgan fingerprint density at radius 1 is 1.21 bits per heavy atom. The Balaban J connectivity index is 1.88. The molecule has 7 heteroatoms. The number of nitrogens with one attached hydrogen (secondary N) is 1. The Hall–Kier alpha value is -1.47. The van der Waals surface area contributed by atoms with Crippen LogP contribution in [0, 0.1) is 0 Å². The van der Waals surface area contributed by atoms with Crippen LogP contribution in [-0.2, 0) is 0 Å². The van der Waals surface area contributed by atoms with Crippen molar-refractivity contribution in [3.8, 4) is 5.75 Å². The number of halogens is 3. The Morgan fingerprint density at radius 2 is 1.83 bits per heavy atom. The van der Waals surface area contributed by atoms with E-state index < -0.39 is 18.4 Å². The maximum atomic E-state index is 12.3. The van der Waals surface area contributed by atoms with E-state index in [-0.39, 0.29) is 11.8 Å². The second-order valence-corrected chi connectivity index (χ2v) is 6.91. The van der Waals surface area contributed by atoms with Crippen LogP contribution < -0.4 is 10.1 Å². The molecule has 2 rings (SSSR count). The van der Waals surface area contributed by atoms with Gasteiger partial charge in [-0.3, -0.25) is 0 Å². The number of hydrogen-bond donors (Lipinski definition) is 2. The summed E-state index contributed by atoms with van der Waals surface area (Å²) in [6.45, 7) is 4.57. The van der Waals surface area contributed by atoms with Gasteiger partial charge in [0.05, 0.1) is 11.3 Å². The summed E-state index contributed by atoms with van der Waals surface area (Å²) in [6, 6.07) is 6.88. The van der Waals surface area contributed by atoms with Gasteiger partial charge >= 0.3 is 6.18 Å². The quantitative estimate of drug-likeness (QED) is 0.830. The maximum absolute atomic E-state index is 12.3. The van der Waals surface area contributed by atoms with Gasteiger partial charge in [-0.1, -0.05) is 12.1 Å². The van der Waals surface area contributed by atoms with Crippen LogP contribution in [0.5, 0.6) is 5.75 Å². The first-order valence-electron chi connectivity index (χ1n) is 8.12. The molecular formula is C17H25F3N2O2. The molecule has 0 spiro atoms. The van der Waals surface area contributed by atoms with Gasteiger partial charge in [0.15, 0.2) is 6.61 Å². The van der Waals surface area contributed by atoms with E-state index in [1.165, 1.54) is 6.07 Å². The minimum Gasteiger partial charge on any atom is -0.482 e. The van der Waals surface area contributed by atoms with Gasteiger partial charge in [-0.15, -0.1) is 0 Å². The minimum atomic E-state index is -4.35. The predicted molar refractivity (Wildman–Crippen MR) is 87.4 cm³/mol. The van der Waals surface area contributed by atoms with Crippen molar-refractivity contribution in [2.24, 2.45) is 0 Å². The Bertz CT molecular complexity index is 521. The van der Waals surface area contributed by atoms with Crippen molar-refractivity contribution < 1.29 is 23.0 Å². The van der Waals surface area contributed by atoms with Gasteiger partial charge in [-0.25, -0.2) is 0 Å². The molecule has 1 saturated heterocycles. The average Bonchev–Trinajstić information content (AvgIpc) is 2.46. The van der Waals surface area contributed by atoms with Crippen LogP contribution in [0.3, 0.4) is 0 Å². The Labute approximate surface area is 140 Å². The average molecular weight is 346 g/mol. The summed E-state index contributed by atoms with van der Waals surface area (Å²) < 4.78 is 41.9. The largest absolute Gasteiger partial charge is 0.482 e. The molecule has 4 nitrogen and oxygen atoms in total. The number of nitrogens with zero attached hydrogens (tertiary/aromatic N) is 1. The first-order chi connectivity index (χ1) is 11.1. The third-order valence-electron chi connectivity index (χ3n) is 3.84. The number of alkyl halides is 3. The van der Waals surface area contributed by atoms with E-state index in [0.29, 0.717) is 12.2 Å². The monoisotopic (exact) mass is 346 g/mol. The minimum absolute atomic E-state index is 0.179. The number of anilines is 1. The molecule has 0 bridgehead atoms. The normalized spacial score (nSPS) is 17.8. The van der Waals surface area contributed by atoms with Crippen LogP contribution in [0.15, 0.2) is 24.3 Å². The molecule has 136 valence electrons. The van der Waals surface area contributed by atoms with Crippen LogP contribution in [0.25, 0.3) is 0 Å². The van der Waals surface area contributed by atoms with Crippen molar-refractivity contribution in [3.63, 3.8) is 0 Å². The van der Waals surface area contributed by atoms with E-state index in [1.807, 2.05) is 0 Å². The van der Waals surface area contributed by atoms with Gasteiger partial charge in [0, 0.05) is 25.7 Å². The van der Waals surface area contributed by atoms with Crippen molar-refractivity contribution in [2.45, 2.75) is 44.5 Å². The number of β-amino-alcohol motifs (C(OH)–C–C–N with tert-alkyl or cyclic N) is 1. The summed E-state index contributed by atoms with van der Waals surface area (Å²) in [5.41, 5.74) is -0.138. The van der Waals surface area contributed by atoms with Crippen LogP contribution in [0.1, 0.15) is 26.7 Å². The molecule has 0 aliphatic carbocycles. The second-order valence-electron chi connectivity index (χ2n) is 6.91. The number of likely N-dealkylation sites (tertiary alicyclic amines) is 1. The summed E-state index contributed by atoms with van der Waals surface area (Å²) in [6.07, 6.45) is -2.62. The number of benzene rings is 1. The number of piperidine rings is 1. The van der Waals surface area contributed by atoms with Crippen LogP contribution in [0.2, 0.25) is 0 Å². The fourth-order valence-electron chi connectivity index (χ4n) is 2.87. The zero-order valence-corrected chi connectivity index (χ0v) is 14.1. The molecule has 0 saturated carbocycles. The Kier molecular flexibility index (Phi) is 5.98. The van der Waals surface area contributed by atoms with Crippen molar-refractivity contribution in [3.05, 3.63) is 24.3 Å². The lowest BCUT2D eigenvalue weighted by Gasteiger charge is -2.36. The van der Waals surface area contributed by atoms with E-state index in [0.717, 1.165) is 25.9 Å². The van der Waals surface area contributed by atoms with Gasteiger partial charge < -0.3 is 20.1 Å². The molecule has 0 unspecified atom stereocenters. The van der Waals surface area contributed by atoms with Crippen molar-refractivity contribution in [2.75, 3.05) is 31.6 Å². The van der Waals surface area contributed by atoms with E-state index in [2.05, 4.69) is 10.2 Å². The molecule has 1 aliphatic rings. The number of aliphatic hydroxyl groups is 1. The summed E-state index contributed by atoms with van der Waals surface area (Å²) >= 11 is 0. The standard InChI is InChI=1S/C17H25F3N2O2/c1-16(2,23)11-22-9-7-13(8-10-22)21-14-5-3-4-6-15(14)24-12-17(18,19)20/h3-6,13,21,23H,7-12H2,1-2H3. The van der Waals surface area contributed by atoms with Gasteiger partial charge in [-0.05, 0) is 38.8 Å². The van der Waals surface area contributed by atoms with Crippen molar-refractivity contribution in [1.29, 1.82) is 0 Å². The summed E-state index contributed by atoms with van der Waals surface area (Å²) in [5.74, 6) is 0.216. The highest BCUT2D eigenvalue weighted by atomic mass is 19.4. The van der Waals surface area contributed by atoms with E-state index in [9.17, 15) is 18.3 Å². The number of para-hydroxylation sites is 2. The van der Waals surface area contributed by atoms with Crippen LogP contribution in [0.4, 0.5) is 18.9 Å². The third-order valence-corrected chi connectivity index (χ3v) is 3.84. The molecule has 0 aromatic heterocycles. The number of hydrogen-bond acceptors (Lipinski definition) is 4. The van der Waals surface area contributed by atoms with E-state index in [1.54, 1.807) is 32.0 Å². The fourth-order valence-corrected chi connectivity index (χ4v) is 2.87. The molecule has 1 fully saturated rings. The van der Waals surface area contributed by atoms with Crippen molar-refractivity contribution in [1.82, 2.24) is 4.90 Å². The lowest BCUT2D eigenvalue weighted by atomic mass is 10.0. The maximum Gasteiger partial charge on any atom is 0.422 e. The number of rotatable bonds is 6. The summed E-state index contributed by atoms with van der Waals surface area (Å²) in [5, 5.41) is 13.2. The molecule has 0 amide bonds. The molecule has 1 aromatic rings. The molecule has 24 heavy (non-hydrogen) atoms. The zero-order chi connectivity index (χ0) is 17.8. The first kappa shape index (κ1) is 18.9. The van der Waals surface area contributed by atoms with Crippen LogP contribution in [-0.4, -0.2) is 54.1 Å². The highest BCUT2D eigenvalue weighted by molar-refractivity contribution is 5.56.